The van der Waals surface area contributed by atoms with Gasteiger partial charge in [0.2, 0.25) is 0 Å². The van der Waals surface area contributed by atoms with Gasteiger partial charge in [-0.3, -0.25) is 10.1 Å². The molecule has 1 aromatic rings. The zero-order chi connectivity index (χ0) is 13.8. The lowest BCUT2D eigenvalue weighted by atomic mass is 9.84. The van der Waals surface area contributed by atoms with Gasteiger partial charge >= 0.3 is 0 Å². The van der Waals surface area contributed by atoms with Gasteiger partial charge in [-0.25, -0.2) is 0 Å². The maximum atomic E-state index is 11.1. The number of hydrogen-bond donors (Lipinski definition) is 1. The second kappa shape index (κ2) is 6.04. The van der Waals surface area contributed by atoms with Gasteiger partial charge in [0.05, 0.1) is 4.92 Å². The van der Waals surface area contributed by atoms with Crippen molar-refractivity contribution in [2.24, 2.45) is 5.92 Å². The predicted octanol–water partition coefficient (Wildman–Crippen LogP) is 4.28. The van der Waals surface area contributed by atoms with Crippen LogP contribution in [0.1, 0.15) is 44.6 Å². The van der Waals surface area contributed by atoms with Crippen LogP contribution in [0.2, 0.25) is 0 Å². The lowest BCUT2D eigenvalue weighted by molar-refractivity contribution is -0.384. The zero-order valence-electron chi connectivity index (χ0n) is 11.7. The van der Waals surface area contributed by atoms with Gasteiger partial charge in [0.15, 0.2) is 0 Å². The van der Waals surface area contributed by atoms with E-state index in [9.17, 15) is 10.1 Å². The first-order valence-corrected chi connectivity index (χ1v) is 7.11. The van der Waals surface area contributed by atoms with E-state index in [2.05, 4.69) is 12.2 Å². The number of nitro benzene ring substituents is 1. The van der Waals surface area contributed by atoms with E-state index in [0.29, 0.717) is 11.7 Å². The van der Waals surface area contributed by atoms with Crippen molar-refractivity contribution in [2.45, 2.75) is 52.0 Å². The average molecular weight is 262 g/mol. The van der Waals surface area contributed by atoms with Gasteiger partial charge in [0.25, 0.3) is 5.69 Å². The smallest absolute Gasteiger partial charge is 0.292 e. The van der Waals surface area contributed by atoms with Crippen molar-refractivity contribution < 1.29 is 4.92 Å². The Balaban J connectivity index is 2.05. The van der Waals surface area contributed by atoms with Crippen LogP contribution in [0, 0.1) is 23.0 Å². The highest BCUT2D eigenvalue weighted by Gasteiger charge is 2.22. The first-order valence-electron chi connectivity index (χ1n) is 7.11. The summed E-state index contributed by atoms with van der Waals surface area (Å²) in [6.07, 6.45) is 5.94. The summed E-state index contributed by atoms with van der Waals surface area (Å²) in [7, 11) is 0. The number of hydrogen-bond acceptors (Lipinski definition) is 3. The van der Waals surface area contributed by atoms with Crippen LogP contribution < -0.4 is 5.32 Å². The summed E-state index contributed by atoms with van der Waals surface area (Å²) in [4.78, 5) is 10.8. The minimum Gasteiger partial charge on any atom is -0.377 e. The third-order valence-corrected chi connectivity index (χ3v) is 4.13. The largest absolute Gasteiger partial charge is 0.377 e. The summed E-state index contributed by atoms with van der Waals surface area (Å²) in [5.41, 5.74) is 1.78. The molecule has 1 fully saturated rings. The van der Waals surface area contributed by atoms with E-state index in [4.69, 9.17) is 0 Å². The zero-order valence-corrected chi connectivity index (χ0v) is 11.7. The Labute approximate surface area is 114 Å². The molecule has 104 valence electrons. The molecule has 1 aromatic carbocycles. The monoisotopic (exact) mass is 262 g/mol. The topological polar surface area (TPSA) is 55.2 Å². The van der Waals surface area contributed by atoms with Crippen LogP contribution in [0.3, 0.4) is 0 Å². The summed E-state index contributed by atoms with van der Waals surface area (Å²) in [5.74, 6) is 0.839. The van der Waals surface area contributed by atoms with Crippen LogP contribution in [0.5, 0.6) is 0 Å². The number of nitrogens with one attached hydrogen (secondary N) is 1. The van der Waals surface area contributed by atoms with Gasteiger partial charge in [-0.05, 0) is 50.2 Å². The van der Waals surface area contributed by atoms with Crippen LogP contribution >= 0.6 is 0 Å². The molecule has 4 heteroatoms. The Hall–Kier alpha value is -1.58. The van der Waals surface area contributed by atoms with E-state index < -0.39 is 0 Å². The molecular formula is C15H22N2O2. The Bertz CT molecular complexity index is 451. The Kier molecular flexibility index (Phi) is 4.40. The van der Waals surface area contributed by atoms with Crippen molar-refractivity contribution in [3.63, 3.8) is 0 Å². The first kappa shape index (κ1) is 13.8. The van der Waals surface area contributed by atoms with Gasteiger partial charge in [-0.1, -0.05) is 19.4 Å². The fraction of sp³-hybridized carbons (Fsp3) is 0.600. The summed E-state index contributed by atoms with van der Waals surface area (Å²) in [6, 6.07) is 5.77. The number of aryl methyl sites for hydroxylation is 1. The Morgan fingerprint density at radius 2 is 2.00 bits per heavy atom. The standard InChI is InChI=1S/C15H22N2O2/c1-3-12-5-7-13(8-6-12)16-14-9-4-11(2)10-15(14)17(18)19/h4,9-10,12-13,16H,3,5-8H2,1-2H3. The molecule has 0 saturated heterocycles. The molecule has 2 rings (SSSR count). The van der Waals surface area contributed by atoms with Gasteiger partial charge in [0, 0.05) is 12.1 Å². The fourth-order valence-corrected chi connectivity index (χ4v) is 2.85. The van der Waals surface area contributed by atoms with Crippen molar-refractivity contribution in [1.29, 1.82) is 0 Å². The molecule has 1 saturated carbocycles. The fourth-order valence-electron chi connectivity index (χ4n) is 2.85. The molecule has 0 aliphatic heterocycles. The molecule has 0 radical (unpaired) electrons. The van der Waals surface area contributed by atoms with E-state index in [1.165, 1.54) is 19.3 Å². The quantitative estimate of drug-likeness (QED) is 0.650. The van der Waals surface area contributed by atoms with E-state index in [0.717, 1.165) is 24.3 Å². The number of nitro groups is 1. The molecule has 0 amide bonds. The average Bonchev–Trinajstić information content (AvgIpc) is 2.41. The van der Waals surface area contributed by atoms with Crippen molar-refractivity contribution in [3.8, 4) is 0 Å². The molecule has 0 atom stereocenters. The number of rotatable bonds is 4. The maximum absolute atomic E-state index is 11.1. The van der Waals surface area contributed by atoms with Crippen LogP contribution in [-0.2, 0) is 0 Å². The first-order chi connectivity index (χ1) is 9.10. The molecule has 0 unspecified atom stereocenters. The molecule has 19 heavy (non-hydrogen) atoms. The molecule has 1 aliphatic rings. The van der Waals surface area contributed by atoms with E-state index in [-0.39, 0.29) is 10.6 Å². The molecule has 0 aromatic heterocycles. The van der Waals surface area contributed by atoms with Crippen molar-refractivity contribution >= 4 is 11.4 Å². The highest BCUT2D eigenvalue weighted by molar-refractivity contribution is 5.63. The molecule has 4 nitrogen and oxygen atoms in total. The minimum absolute atomic E-state index is 0.192. The minimum atomic E-state index is -0.299. The summed E-state index contributed by atoms with van der Waals surface area (Å²) < 4.78 is 0. The van der Waals surface area contributed by atoms with Crippen LogP contribution in [-0.4, -0.2) is 11.0 Å². The van der Waals surface area contributed by atoms with Gasteiger partial charge < -0.3 is 5.32 Å². The summed E-state index contributed by atoms with van der Waals surface area (Å²) in [5, 5.41) is 14.4. The molecule has 0 spiro atoms. The maximum Gasteiger partial charge on any atom is 0.292 e. The highest BCUT2D eigenvalue weighted by Crippen LogP contribution is 2.31. The van der Waals surface area contributed by atoms with Crippen LogP contribution in [0.25, 0.3) is 0 Å². The van der Waals surface area contributed by atoms with Gasteiger partial charge in [0.1, 0.15) is 5.69 Å². The van der Waals surface area contributed by atoms with Crippen molar-refractivity contribution in [3.05, 3.63) is 33.9 Å². The summed E-state index contributed by atoms with van der Waals surface area (Å²) >= 11 is 0. The molecule has 1 aliphatic carbocycles. The molecular weight excluding hydrogens is 240 g/mol. The lowest BCUT2D eigenvalue weighted by Gasteiger charge is -2.29. The van der Waals surface area contributed by atoms with Gasteiger partial charge in [-0.15, -0.1) is 0 Å². The Morgan fingerprint density at radius 1 is 1.32 bits per heavy atom. The molecule has 0 heterocycles. The second-order valence-corrected chi connectivity index (χ2v) is 5.55. The van der Waals surface area contributed by atoms with Gasteiger partial charge in [-0.2, -0.15) is 0 Å². The third kappa shape index (κ3) is 3.46. The number of benzene rings is 1. The lowest BCUT2D eigenvalue weighted by Crippen LogP contribution is -2.26. The SMILES string of the molecule is CCC1CCC(Nc2ccc(C)cc2[N+](=O)[O-])CC1. The number of anilines is 1. The highest BCUT2D eigenvalue weighted by atomic mass is 16.6. The molecule has 0 bridgehead atoms. The van der Waals surface area contributed by atoms with E-state index in [1.54, 1.807) is 6.07 Å². The van der Waals surface area contributed by atoms with E-state index >= 15 is 0 Å². The predicted molar refractivity (Wildman–Crippen MR) is 77.5 cm³/mol. The third-order valence-electron chi connectivity index (χ3n) is 4.13. The van der Waals surface area contributed by atoms with Crippen molar-refractivity contribution in [1.82, 2.24) is 0 Å². The normalized spacial score (nSPS) is 23.1. The van der Waals surface area contributed by atoms with Crippen LogP contribution in [0.15, 0.2) is 18.2 Å². The summed E-state index contributed by atoms with van der Waals surface area (Å²) in [6.45, 7) is 4.12. The number of nitrogens with zero attached hydrogens (tertiary/aromatic N) is 1. The molecule has 1 N–H and O–H groups in total. The van der Waals surface area contributed by atoms with Crippen LogP contribution in [0.4, 0.5) is 11.4 Å². The second-order valence-electron chi connectivity index (χ2n) is 5.55. The van der Waals surface area contributed by atoms with E-state index in [1.807, 2.05) is 19.1 Å². The Morgan fingerprint density at radius 3 is 2.58 bits per heavy atom. The van der Waals surface area contributed by atoms with Crippen molar-refractivity contribution in [2.75, 3.05) is 5.32 Å².